The Balaban J connectivity index is 0.000000211. The first-order valence-electron chi connectivity index (χ1n) is 8.91. The van der Waals surface area contributed by atoms with Crippen LogP contribution in [0.2, 0.25) is 0 Å². The van der Waals surface area contributed by atoms with Gasteiger partial charge in [0, 0.05) is 30.7 Å². The molecule has 2 bridgehead atoms. The van der Waals surface area contributed by atoms with Crippen molar-refractivity contribution in [3.05, 3.63) is 59.7 Å². The summed E-state index contributed by atoms with van der Waals surface area (Å²) >= 11 is 0. The Hall–Kier alpha value is -2.40. The molecule has 26 heavy (non-hydrogen) atoms. The van der Waals surface area contributed by atoms with Gasteiger partial charge in [-0.3, -0.25) is 0 Å². The number of benzene rings is 1. The van der Waals surface area contributed by atoms with Gasteiger partial charge in [-0.1, -0.05) is 42.0 Å². The number of carboxylic acids is 2. The van der Waals surface area contributed by atoms with E-state index in [1.807, 2.05) is 0 Å². The van der Waals surface area contributed by atoms with Crippen molar-refractivity contribution in [2.75, 3.05) is 20.1 Å². The van der Waals surface area contributed by atoms with E-state index in [0.29, 0.717) is 17.6 Å². The average molecular weight is 355 g/mol. The molecule has 3 aliphatic rings. The van der Waals surface area contributed by atoms with E-state index in [9.17, 15) is 9.59 Å². The molecule has 0 aromatic heterocycles. The topological polar surface area (TPSA) is 77.8 Å². The van der Waals surface area contributed by atoms with Crippen LogP contribution >= 0.6 is 0 Å². The highest BCUT2D eigenvalue weighted by molar-refractivity contribution is 5.89. The Morgan fingerprint density at radius 3 is 2.31 bits per heavy atom. The summed E-state index contributed by atoms with van der Waals surface area (Å²) in [5, 5.41) is 15.6. The van der Waals surface area contributed by atoms with Crippen molar-refractivity contribution < 1.29 is 19.8 Å². The van der Waals surface area contributed by atoms with Crippen LogP contribution in [0.25, 0.3) is 0 Å². The second kappa shape index (κ2) is 7.08. The largest absolute Gasteiger partial charge is 0.478 e. The van der Waals surface area contributed by atoms with E-state index in [-0.39, 0.29) is 0 Å². The highest BCUT2D eigenvalue weighted by Crippen LogP contribution is 2.60. The molecule has 1 aromatic rings. The molecule has 1 saturated carbocycles. The van der Waals surface area contributed by atoms with Crippen LogP contribution in [0.5, 0.6) is 0 Å². The predicted molar refractivity (Wildman–Crippen MR) is 99.0 cm³/mol. The van der Waals surface area contributed by atoms with Gasteiger partial charge in [-0.25, -0.2) is 9.59 Å². The third kappa shape index (κ3) is 3.31. The SMILES string of the molecule is Cc1ccc(C23CN(C)CC2C2C=CC3C2)cc1.O=C(O)/C=C\C(=O)O. The number of hydrogen-bond donors (Lipinski definition) is 2. The van der Waals surface area contributed by atoms with Crippen LogP contribution < -0.4 is 0 Å². The summed E-state index contributed by atoms with van der Waals surface area (Å²) in [6, 6.07) is 9.34. The van der Waals surface area contributed by atoms with Crippen LogP contribution in [0, 0.1) is 24.7 Å². The van der Waals surface area contributed by atoms with Crippen LogP contribution in [-0.2, 0) is 15.0 Å². The Labute approximate surface area is 153 Å². The molecule has 0 radical (unpaired) electrons. The molecule has 4 atom stereocenters. The van der Waals surface area contributed by atoms with E-state index in [1.165, 1.54) is 25.1 Å². The van der Waals surface area contributed by atoms with Gasteiger partial charge in [-0.2, -0.15) is 0 Å². The van der Waals surface area contributed by atoms with Crippen LogP contribution in [0.15, 0.2) is 48.6 Å². The summed E-state index contributed by atoms with van der Waals surface area (Å²) in [6.45, 7) is 4.70. The summed E-state index contributed by atoms with van der Waals surface area (Å²) < 4.78 is 0. The van der Waals surface area contributed by atoms with E-state index in [0.717, 1.165) is 17.8 Å². The molecule has 1 heterocycles. The van der Waals surface area contributed by atoms with E-state index < -0.39 is 11.9 Å². The number of likely N-dealkylation sites (N-methyl/N-ethyl adjacent to an activating group) is 1. The van der Waals surface area contributed by atoms with Crippen LogP contribution in [-0.4, -0.2) is 47.2 Å². The maximum Gasteiger partial charge on any atom is 0.328 e. The first kappa shape index (κ1) is 18.4. The second-order valence-corrected chi connectivity index (χ2v) is 7.61. The van der Waals surface area contributed by atoms with Gasteiger partial charge in [-0.15, -0.1) is 0 Å². The Bertz CT molecular complexity index is 736. The summed E-state index contributed by atoms with van der Waals surface area (Å²) in [4.78, 5) is 21.6. The number of aliphatic carboxylic acids is 2. The van der Waals surface area contributed by atoms with Gasteiger partial charge in [0.05, 0.1) is 0 Å². The second-order valence-electron chi connectivity index (χ2n) is 7.61. The number of allylic oxidation sites excluding steroid dienone is 2. The molecule has 1 saturated heterocycles. The lowest BCUT2D eigenvalue weighted by atomic mass is 9.66. The van der Waals surface area contributed by atoms with E-state index in [2.05, 4.69) is 55.3 Å². The lowest BCUT2D eigenvalue weighted by Crippen LogP contribution is -2.39. The fourth-order valence-electron chi connectivity index (χ4n) is 4.97. The molecular weight excluding hydrogens is 330 g/mol. The number of rotatable bonds is 3. The minimum absolute atomic E-state index is 0.419. The molecule has 2 N–H and O–H groups in total. The normalized spacial score (nSPS) is 31.7. The lowest BCUT2D eigenvalue weighted by Gasteiger charge is -2.37. The van der Waals surface area contributed by atoms with Crippen molar-refractivity contribution >= 4 is 11.9 Å². The third-order valence-electron chi connectivity index (χ3n) is 5.95. The molecule has 5 nitrogen and oxygen atoms in total. The van der Waals surface area contributed by atoms with Gasteiger partial charge in [0.25, 0.3) is 0 Å². The molecule has 1 aromatic carbocycles. The minimum Gasteiger partial charge on any atom is -0.478 e. The molecule has 138 valence electrons. The number of aryl methyl sites for hydroxylation is 1. The molecule has 0 spiro atoms. The monoisotopic (exact) mass is 355 g/mol. The van der Waals surface area contributed by atoms with Gasteiger partial charge >= 0.3 is 11.9 Å². The molecule has 4 rings (SSSR count). The number of hydrogen-bond acceptors (Lipinski definition) is 3. The fraction of sp³-hybridized carbons (Fsp3) is 0.429. The van der Waals surface area contributed by atoms with Gasteiger partial charge in [-0.05, 0) is 43.7 Å². The van der Waals surface area contributed by atoms with Crippen molar-refractivity contribution in [2.24, 2.45) is 17.8 Å². The van der Waals surface area contributed by atoms with Crippen molar-refractivity contribution in [3.8, 4) is 0 Å². The highest BCUT2D eigenvalue weighted by Gasteiger charge is 2.60. The van der Waals surface area contributed by atoms with E-state index in [4.69, 9.17) is 10.2 Å². The van der Waals surface area contributed by atoms with E-state index in [1.54, 1.807) is 5.56 Å². The van der Waals surface area contributed by atoms with Gasteiger partial charge in [0.15, 0.2) is 0 Å². The summed E-state index contributed by atoms with van der Waals surface area (Å²) in [5.41, 5.74) is 3.37. The summed E-state index contributed by atoms with van der Waals surface area (Å²) in [6.07, 6.45) is 7.50. The molecule has 1 aliphatic heterocycles. The van der Waals surface area contributed by atoms with Gasteiger partial charge in [0.2, 0.25) is 0 Å². The average Bonchev–Trinajstić information content (AvgIpc) is 3.25. The zero-order valence-electron chi connectivity index (χ0n) is 15.1. The van der Waals surface area contributed by atoms with Gasteiger partial charge in [0.1, 0.15) is 0 Å². The highest BCUT2D eigenvalue weighted by atomic mass is 16.4. The Morgan fingerprint density at radius 1 is 1.12 bits per heavy atom. The Morgan fingerprint density at radius 2 is 1.73 bits per heavy atom. The smallest absolute Gasteiger partial charge is 0.328 e. The number of likely N-dealkylation sites (tertiary alicyclic amines) is 1. The van der Waals surface area contributed by atoms with Crippen molar-refractivity contribution in [1.82, 2.24) is 4.90 Å². The third-order valence-corrected chi connectivity index (χ3v) is 5.95. The molecular formula is C21H25NO4. The van der Waals surface area contributed by atoms with Crippen LogP contribution in [0.1, 0.15) is 17.5 Å². The van der Waals surface area contributed by atoms with Crippen molar-refractivity contribution in [3.63, 3.8) is 0 Å². The molecule has 4 unspecified atom stereocenters. The zero-order valence-corrected chi connectivity index (χ0v) is 15.1. The van der Waals surface area contributed by atoms with Crippen molar-refractivity contribution in [1.29, 1.82) is 0 Å². The number of carboxylic acid groups (broad SMARTS) is 2. The molecule has 2 aliphatic carbocycles. The lowest BCUT2D eigenvalue weighted by molar-refractivity contribution is -0.134. The summed E-state index contributed by atoms with van der Waals surface area (Å²) in [7, 11) is 2.29. The molecule has 2 fully saturated rings. The first-order chi connectivity index (χ1) is 12.3. The molecule has 0 amide bonds. The molecule has 5 heteroatoms. The zero-order chi connectivity index (χ0) is 18.9. The minimum atomic E-state index is -1.26. The maximum absolute atomic E-state index is 9.55. The maximum atomic E-state index is 9.55. The van der Waals surface area contributed by atoms with E-state index >= 15 is 0 Å². The van der Waals surface area contributed by atoms with Gasteiger partial charge < -0.3 is 15.1 Å². The van der Waals surface area contributed by atoms with Crippen LogP contribution in [0.3, 0.4) is 0 Å². The first-order valence-corrected chi connectivity index (χ1v) is 8.91. The summed E-state index contributed by atoms with van der Waals surface area (Å²) in [5.74, 6) is -0.0542. The number of fused-ring (bicyclic) bond motifs is 5. The Kier molecular flexibility index (Phi) is 5.01. The fourth-order valence-corrected chi connectivity index (χ4v) is 4.97. The predicted octanol–water partition coefficient (Wildman–Crippen LogP) is 2.71. The number of carbonyl (C=O) groups is 2. The van der Waals surface area contributed by atoms with Crippen LogP contribution in [0.4, 0.5) is 0 Å². The quantitative estimate of drug-likeness (QED) is 0.644. The number of nitrogens with zero attached hydrogens (tertiary/aromatic N) is 1. The standard InChI is InChI=1S/C17H21N.C4H4O4/c1-12-3-6-14(7-4-12)17-11-18(2)10-16(17)13-5-8-15(17)9-13;5-3(6)1-2-4(7)8/h3-8,13,15-16H,9-11H2,1-2H3;1-2H,(H,5,6)(H,7,8)/b;2-1-. The van der Waals surface area contributed by atoms with Crippen molar-refractivity contribution in [2.45, 2.75) is 18.8 Å².